The van der Waals surface area contributed by atoms with E-state index in [2.05, 4.69) is 0 Å². The molecule has 0 N–H and O–H groups in total. The molecule has 0 amide bonds. The van der Waals surface area contributed by atoms with Gasteiger partial charge in [0.15, 0.2) is 24.8 Å². The standard InChI is InChI=1S/C4H4B2F6N2/c7-5(8,9)13-1-2-14(4-3-13)6(10,11)12/h1-4H. The van der Waals surface area contributed by atoms with Crippen LogP contribution in [-0.2, 0) is 0 Å². The van der Waals surface area contributed by atoms with Gasteiger partial charge in [-0.05, 0) is 0 Å². The minimum Gasteiger partial charge on any atom is -0.379 e. The summed E-state index contributed by atoms with van der Waals surface area (Å²) in [5.74, 6) is 0. The van der Waals surface area contributed by atoms with Crippen molar-refractivity contribution in [3.05, 3.63) is 24.8 Å². The lowest BCUT2D eigenvalue weighted by atomic mass is 10.1. The van der Waals surface area contributed by atoms with Crippen LogP contribution in [0.25, 0.3) is 0 Å². The summed E-state index contributed by atoms with van der Waals surface area (Å²) in [4.78, 5) is 0. The highest BCUT2D eigenvalue weighted by molar-refractivity contribution is 6.49. The quantitative estimate of drug-likeness (QED) is 0.506. The number of hydrogen-bond acceptors (Lipinski definition) is 0. The van der Waals surface area contributed by atoms with Crippen molar-refractivity contribution in [2.24, 2.45) is 0 Å². The molecule has 1 aromatic rings. The average molecular weight is 216 g/mol. The summed E-state index contributed by atoms with van der Waals surface area (Å²) in [6.45, 7) is 0. The van der Waals surface area contributed by atoms with Crippen molar-refractivity contribution >= 4 is 14.2 Å². The minimum atomic E-state index is -5.32. The van der Waals surface area contributed by atoms with Gasteiger partial charge in [-0.3, -0.25) is 0 Å². The first-order valence-corrected chi connectivity index (χ1v) is 3.53. The van der Waals surface area contributed by atoms with Gasteiger partial charge in [0.2, 0.25) is 0 Å². The smallest absolute Gasteiger partial charge is 0.379 e. The van der Waals surface area contributed by atoms with Gasteiger partial charge in [-0.1, -0.05) is 0 Å². The van der Waals surface area contributed by atoms with Crippen molar-refractivity contribution in [1.29, 1.82) is 0 Å². The van der Waals surface area contributed by atoms with Crippen molar-refractivity contribution in [2.75, 3.05) is 0 Å². The predicted molar refractivity (Wildman–Crippen MR) is 35.8 cm³/mol. The van der Waals surface area contributed by atoms with E-state index in [1.54, 1.807) is 0 Å². The molecule has 0 atom stereocenters. The van der Waals surface area contributed by atoms with Crippen LogP contribution in [-0.4, -0.2) is 14.2 Å². The number of aromatic nitrogens is 2. The Morgan fingerprint density at radius 2 is 0.786 bits per heavy atom. The van der Waals surface area contributed by atoms with Crippen molar-refractivity contribution in [3.8, 4) is 0 Å². The third-order valence-corrected chi connectivity index (χ3v) is 1.50. The molecule has 0 spiro atoms. The molecule has 0 saturated carbocycles. The maximum absolute atomic E-state index is 12.0. The molecular weight excluding hydrogens is 212 g/mol. The largest absolute Gasteiger partial charge is 0.811 e. The Bertz CT molecular complexity index is 283. The predicted octanol–water partition coefficient (Wildman–Crippen LogP) is 0.646. The van der Waals surface area contributed by atoms with E-state index in [1.807, 2.05) is 0 Å². The molecule has 0 aliphatic carbocycles. The highest BCUT2D eigenvalue weighted by atomic mass is 19.4. The molecule has 0 fully saturated rings. The first-order valence-electron chi connectivity index (χ1n) is 3.53. The molecule has 0 radical (unpaired) electrons. The van der Waals surface area contributed by atoms with E-state index in [4.69, 9.17) is 0 Å². The topological polar surface area (TPSA) is 7.76 Å². The van der Waals surface area contributed by atoms with Gasteiger partial charge in [-0.15, -0.1) is 0 Å². The Balaban J connectivity index is 3.02. The van der Waals surface area contributed by atoms with Crippen molar-refractivity contribution in [1.82, 2.24) is 0 Å². The zero-order valence-corrected chi connectivity index (χ0v) is 6.63. The summed E-state index contributed by atoms with van der Waals surface area (Å²) in [6, 6.07) is 0. The van der Waals surface area contributed by atoms with E-state index in [0.29, 0.717) is 24.8 Å². The van der Waals surface area contributed by atoms with E-state index >= 15 is 0 Å². The summed E-state index contributed by atoms with van der Waals surface area (Å²) in [6.07, 6.45) is 1.31. The lowest BCUT2D eigenvalue weighted by Gasteiger charge is -2.09. The summed E-state index contributed by atoms with van der Waals surface area (Å²) >= 11 is 0. The zero-order chi connectivity index (χ0) is 11.0. The second-order valence-electron chi connectivity index (χ2n) is 2.57. The fourth-order valence-corrected chi connectivity index (χ4v) is 0.798. The Morgan fingerprint density at radius 1 is 0.571 bits per heavy atom. The number of rotatable bonds is 2. The number of hydrogen-bond donors (Lipinski definition) is 0. The van der Waals surface area contributed by atoms with Gasteiger partial charge in [0.05, 0.1) is 0 Å². The van der Waals surface area contributed by atoms with Crippen LogP contribution in [0.4, 0.5) is 25.9 Å². The first kappa shape index (κ1) is 10.9. The Kier molecular flexibility index (Phi) is 2.47. The van der Waals surface area contributed by atoms with E-state index in [1.165, 1.54) is 0 Å². The minimum absolute atomic E-state index is 0.210. The van der Waals surface area contributed by atoms with Crippen molar-refractivity contribution in [3.63, 3.8) is 0 Å². The molecule has 10 heteroatoms. The van der Waals surface area contributed by atoms with Crippen LogP contribution in [0.3, 0.4) is 0 Å². The Morgan fingerprint density at radius 3 is 0.929 bits per heavy atom. The fourth-order valence-electron chi connectivity index (χ4n) is 0.798. The molecule has 1 heterocycles. The van der Waals surface area contributed by atoms with Crippen LogP contribution in [0.15, 0.2) is 24.8 Å². The molecule has 0 aliphatic heterocycles. The molecule has 0 aromatic carbocycles. The molecule has 0 unspecified atom stereocenters. The number of halogens is 6. The maximum atomic E-state index is 12.0. The first-order chi connectivity index (χ1) is 6.21. The molecule has 1 rings (SSSR count). The zero-order valence-electron chi connectivity index (χ0n) is 6.63. The van der Waals surface area contributed by atoms with Crippen molar-refractivity contribution in [2.45, 2.75) is 0 Å². The second-order valence-corrected chi connectivity index (χ2v) is 2.57. The molecule has 0 bridgehead atoms. The molecule has 0 saturated heterocycles. The fraction of sp³-hybridized carbons (Fsp3) is 0. The highest BCUT2D eigenvalue weighted by Gasteiger charge is 2.44. The van der Waals surface area contributed by atoms with Gasteiger partial charge < -0.3 is 34.9 Å². The SMILES string of the molecule is F[B-](F)(F)[n+]1cc[n+]([B-](F)(F)F)cc1. The summed E-state index contributed by atoms with van der Waals surface area (Å²) < 4.78 is 71.3. The van der Waals surface area contributed by atoms with Crippen LogP contribution in [0.2, 0.25) is 0 Å². The van der Waals surface area contributed by atoms with E-state index in [-0.39, 0.29) is 8.96 Å². The Hall–Kier alpha value is -1.21. The van der Waals surface area contributed by atoms with Crippen LogP contribution in [0.5, 0.6) is 0 Å². The number of nitrogens with zero attached hydrogens (tertiary/aromatic N) is 2. The molecule has 0 aliphatic rings. The van der Waals surface area contributed by atoms with Crippen LogP contribution >= 0.6 is 0 Å². The van der Waals surface area contributed by atoms with Crippen LogP contribution in [0.1, 0.15) is 0 Å². The lowest BCUT2D eigenvalue weighted by molar-refractivity contribution is -0.635. The normalized spacial score (nSPS) is 13.0. The third-order valence-electron chi connectivity index (χ3n) is 1.50. The van der Waals surface area contributed by atoms with Gasteiger partial charge in [0.25, 0.3) is 0 Å². The second kappa shape index (κ2) is 3.18. The monoisotopic (exact) mass is 216 g/mol. The van der Waals surface area contributed by atoms with Gasteiger partial charge in [0, 0.05) is 0 Å². The van der Waals surface area contributed by atoms with Gasteiger partial charge in [0.1, 0.15) is 0 Å². The third kappa shape index (κ3) is 2.39. The molecule has 1 aromatic heterocycles. The van der Waals surface area contributed by atoms with Gasteiger partial charge >= 0.3 is 14.2 Å². The van der Waals surface area contributed by atoms with E-state index < -0.39 is 14.2 Å². The summed E-state index contributed by atoms with van der Waals surface area (Å²) in [5, 5.41) is 0. The van der Waals surface area contributed by atoms with Crippen LogP contribution in [0, 0.1) is 0 Å². The maximum Gasteiger partial charge on any atom is 0.811 e. The highest BCUT2D eigenvalue weighted by Crippen LogP contribution is 2.03. The van der Waals surface area contributed by atoms with Gasteiger partial charge in [-0.2, -0.15) is 0 Å². The Labute approximate surface area is 74.9 Å². The summed E-state index contributed by atoms with van der Waals surface area (Å²) in [5.41, 5.74) is 0. The van der Waals surface area contributed by atoms with Gasteiger partial charge in [-0.25, -0.2) is 0 Å². The molecule has 2 nitrogen and oxygen atoms in total. The molecule has 14 heavy (non-hydrogen) atoms. The summed E-state index contributed by atoms with van der Waals surface area (Å²) in [7, 11) is -10.6. The van der Waals surface area contributed by atoms with E-state index in [9.17, 15) is 25.9 Å². The molecular formula is C4H4B2F6N2. The average Bonchev–Trinajstić information content (AvgIpc) is 2.01. The lowest BCUT2D eigenvalue weighted by Crippen LogP contribution is -2.61. The van der Waals surface area contributed by atoms with Crippen LogP contribution < -0.4 is 8.96 Å². The van der Waals surface area contributed by atoms with E-state index in [0.717, 1.165) is 0 Å². The molecule has 78 valence electrons. The van der Waals surface area contributed by atoms with Crippen molar-refractivity contribution < 1.29 is 34.9 Å².